The van der Waals surface area contributed by atoms with Crippen LogP contribution in [-0.4, -0.2) is 65.2 Å². The quantitative estimate of drug-likeness (QED) is 0.167. The number of hydrogen-bond acceptors (Lipinski definition) is 6. The van der Waals surface area contributed by atoms with Crippen molar-refractivity contribution >= 4 is 23.9 Å². The van der Waals surface area contributed by atoms with Crippen LogP contribution in [0.5, 0.6) is 0 Å². The van der Waals surface area contributed by atoms with Gasteiger partial charge in [-0.05, 0) is 78.1 Å². The summed E-state index contributed by atoms with van der Waals surface area (Å²) < 4.78 is 10.7. The van der Waals surface area contributed by atoms with Gasteiger partial charge in [0.1, 0.15) is 23.2 Å². The predicted octanol–water partition coefficient (Wildman–Crippen LogP) is 4.90. The first kappa shape index (κ1) is 33.4. The smallest absolute Gasteiger partial charge is 0.408 e. The Morgan fingerprint density at radius 2 is 1.82 bits per heavy atom. The number of likely N-dealkylation sites (tertiary alicyclic amines) is 1. The highest BCUT2D eigenvalue weighted by Gasteiger charge is 2.62. The lowest BCUT2D eigenvalue weighted by Gasteiger charge is -2.30. The summed E-state index contributed by atoms with van der Waals surface area (Å²) in [6.07, 6.45) is 8.51. The molecule has 40 heavy (non-hydrogen) atoms. The maximum atomic E-state index is 14.0. The lowest BCUT2D eigenvalue weighted by atomic mass is 9.94. The van der Waals surface area contributed by atoms with Crippen molar-refractivity contribution < 1.29 is 28.7 Å². The molecule has 3 amide bonds. The highest BCUT2D eigenvalue weighted by molar-refractivity contribution is 5.96. The zero-order chi connectivity index (χ0) is 30.1. The van der Waals surface area contributed by atoms with Gasteiger partial charge in [-0.3, -0.25) is 9.59 Å². The number of carbonyl (C=O) groups excluding carboxylic acids is 4. The number of hydrogen-bond donors (Lipinski definition) is 2. The summed E-state index contributed by atoms with van der Waals surface area (Å²) in [5.41, 5.74) is -1.85. The van der Waals surface area contributed by atoms with E-state index in [1.807, 2.05) is 6.08 Å². The second-order valence-corrected chi connectivity index (χ2v) is 12.6. The van der Waals surface area contributed by atoms with Crippen molar-refractivity contribution in [2.24, 2.45) is 17.8 Å². The van der Waals surface area contributed by atoms with Crippen molar-refractivity contribution in [3.05, 3.63) is 25.3 Å². The SMILES string of the molecule is C=CCCCCC[C@H](NC(=O)OC(C)(C)C)C(=O)N1C[C@H](CC(C)C)C[C@H]1C(=O)N[C@]1(C(=O)OCC)C[C@H]1C=C. The predicted molar refractivity (Wildman–Crippen MR) is 155 cm³/mol. The molecule has 1 saturated carbocycles. The van der Waals surface area contributed by atoms with Crippen LogP contribution in [0.25, 0.3) is 0 Å². The molecule has 1 heterocycles. The van der Waals surface area contributed by atoms with Gasteiger partial charge in [0.25, 0.3) is 0 Å². The Morgan fingerprint density at radius 1 is 1.12 bits per heavy atom. The van der Waals surface area contributed by atoms with Crippen LogP contribution in [0.4, 0.5) is 4.79 Å². The molecule has 1 aliphatic carbocycles. The summed E-state index contributed by atoms with van der Waals surface area (Å²) in [5.74, 6) is -0.857. The van der Waals surface area contributed by atoms with E-state index >= 15 is 0 Å². The first-order chi connectivity index (χ1) is 18.8. The third-order valence-electron chi connectivity index (χ3n) is 7.45. The second-order valence-electron chi connectivity index (χ2n) is 12.6. The Balaban J connectivity index is 2.27. The van der Waals surface area contributed by atoms with E-state index in [0.29, 0.717) is 31.7 Å². The lowest BCUT2D eigenvalue weighted by Crippen LogP contribution is -2.56. The van der Waals surface area contributed by atoms with Gasteiger partial charge in [0.05, 0.1) is 6.61 Å². The number of ether oxygens (including phenoxy) is 2. The Bertz CT molecular complexity index is 927. The first-order valence-electron chi connectivity index (χ1n) is 14.8. The normalized spacial score (nSPS) is 24.7. The topological polar surface area (TPSA) is 114 Å². The molecule has 5 atom stereocenters. The van der Waals surface area contributed by atoms with Crippen LogP contribution in [0.1, 0.15) is 92.9 Å². The molecule has 0 aromatic heterocycles. The summed E-state index contributed by atoms with van der Waals surface area (Å²) >= 11 is 0. The van der Waals surface area contributed by atoms with Gasteiger partial charge in [-0.25, -0.2) is 9.59 Å². The monoisotopic (exact) mass is 561 g/mol. The van der Waals surface area contributed by atoms with Crippen molar-refractivity contribution in [3.8, 4) is 0 Å². The molecule has 1 saturated heterocycles. The molecule has 0 unspecified atom stereocenters. The van der Waals surface area contributed by atoms with E-state index in [9.17, 15) is 19.2 Å². The number of carbonyl (C=O) groups is 4. The van der Waals surface area contributed by atoms with E-state index in [1.165, 1.54) is 0 Å². The molecule has 0 aromatic rings. The van der Waals surface area contributed by atoms with Crippen LogP contribution in [0.2, 0.25) is 0 Å². The van der Waals surface area contributed by atoms with Gasteiger partial charge in [0.2, 0.25) is 11.8 Å². The largest absolute Gasteiger partial charge is 0.464 e. The van der Waals surface area contributed by atoms with Crippen LogP contribution < -0.4 is 10.6 Å². The van der Waals surface area contributed by atoms with E-state index in [1.54, 1.807) is 38.7 Å². The van der Waals surface area contributed by atoms with Crippen molar-refractivity contribution in [1.29, 1.82) is 0 Å². The number of amides is 3. The van der Waals surface area contributed by atoms with Gasteiger partial charge in [-0.1, -0.05) is 38.8 Å². The van der Waals surface area contributed by atoms with Gasteiger partial charge in [-0.2, -0.15) is 0 Å². The number of unbranched alkanes of at least 4 members (excludes halogenated alkanes) is 3. The maximum absolute atomic E-state index is 14.0. The van der Waals surface area contributed by atoms with E-state index in [2.05, 4.69) is 37.6 Å². The van der Waals surface area contributed by atoms with Crippen LogP contribution >= 0.6 is 0 Å². The second kappa shape index (κ2) is 14.7. The Labute approximate surface area is 240 Å². The number of esters is 1. The van der Waals surface area contributed by atoms with Crippen LogP contribution in [0.3, 0.4) is 0 Å². The fourth-order valence-corrected chi connectivity index (χ4v) is 5.54. The summed E-state index contributed by atoms with van der Waals surface area (Å²) in [7, 11) is 0. The van der Waals surface area contributed by atoms with Crippen molar-refractivity contribution in [3.63, 3.8) is 0 Å². The van der Waals surface area contributed by atoms with Gasteiger partial charge >= 0.3 is 12.1 Å². The molecule has 226 valence electrons. The molecule has 2 rings (SSSR count). The third kappa shape index (κ3) is 9.37. The van der Waals surface area contributed by atoms with Crippen LogP contribution in [-0.2, 0) is 23.9 Å². The lowest BCUT2D eigenvalue weighted by molar-refractivity contribution is -0.150. The summed E-state index contributed by atoms with van der Waals surface area (Å²) in [6, 6.07) is -1.58. The Morgan fingerprint density at radius 3 is 2.38 bits per heavy atom. The number of rotatable bonds is 15. The van der Waals surface area contributed by atoms with Gasteiger partial charge in [0, 0.05) is 12.5 Å². The molecule has 9 nitrogen and oxygen atoms in total. The van der Waals surface area contributed by atoms with E-state index in [-0.39, 0.29) is 30.3 Å². The minimum absolute atomic E-state index is 0.127. The molecule has 0 aromatic carbocycles. The molecule has 9 heteroatoms. The fourth-order valence-electron chi connectivity index (χ4n) is 5.54. The van der Waals surface area contributed by atoms with E-state index in [4.69, 9.17) is 9.47 Å². The number of nitrogens with zero attached hydrogens (tertiary/aromatic N) is 1. The Kier molecular flexibility index (Phi) is 12.3. The summed E-state index contributed by atoms with van der Waals surface area (Å²) in [5, 5.41) is 5.71. The minimum Gasteiger partial charge on any atom is -0.464 e. The van der Waals surface area contributed by atoms with Crippen LogP contribution in [0.15, 0.2) is 25.3 Å². The average molecular weight is 562 g/mol. The molecular weight excluding hydrogens is 510 g/mol. The Hall–Kier alpha value is -2.84. The summed E-state index contributed by atoms with van der Waals surface area (Å²) in [6.45, 7) is 19.4. The average Bonchev–Trinajstić information content (AvgIpc) is 3.41. The maximum Gasteiger partial charge on any atom is 0.408 e. The number of allylic oxidation sites excluding steroid dienone is 1. The molecule has 0 bridgehead atoms. The number of alkyl carbamates (subject to hydrolysis) is 1. The molecule has 2 fully saturated rings. The zero-order valence-electron chi connectivity index (χ0n) is 25.4. The summed E-state index contributed by atoms with van der Waals surface area (Å²) in [4.78, 5) is 54.8. The van der Waals surface area contributed by atoms with Crippen LogP contribution in [0, 0.1) is 17.8 Å². The molecule has 0 spiro atoms. The van der Waals surface area contributed by atoms with Crippen molar-refractivity contribution in [1.82, 2.24) is 15.5 Å². The standard InChI is InChI=1S/C31H51N3O6/c1-9-12-13-14-15-16-24(32-29(38)40-30(6,7)8)27(36)34-20-22(17-21(4)5)18-25(34)26(35)33-31(19-23(31)10-2)28(37)39-11-3/h9-10,21-25H,1-2,11-20H2,3-8H3,(H,32,38)(H,33,35)/t22-,23-,24+,25+,31-/m1/s1. The fraction of sp³-hybridized carbons (Fsp3) is 0.742. The number of nitrogens with one attached hydrogen (secondary N) is 2. The highest BCUT2D eigenvalue weighted by atomic mass is 16.6. The zero-order valence-corrected chi connectivity index (χ0v) is 25.4. The molecule has 1 aliphatic heterocycles. The van der Waals surface area contributed by atoms with Crippen molar-refractivity contribution in [2.45, 2.75) is 116 Å². The first-order valence-corrected chi connectivity index (χ1v) is 14.8. The van der Waals surface area contributed by atoms with Gasteiger partial charge < -0.3 is 25.0 Å². The molecule has 0 radical (unpaired) electrons. The van der Waals surface area contributed by atoms with E-state index in [0.717, 1.165) is 32.1 Å². The highest BCUT2D eigenvalue weighted by Crippen LogP contribution is 2.46. The van der Waals surface area contributed by atoms with Gasteiger partial charge in [0.15, 0.2) is 0 Å². The van der Waals surface area contributed by atoms with E-state index < -0.39 is 35.3 Å². The molecular formula is C31H51N3O6. The van der Waals surface area contributed by atoms with Crippen molar-refractivity contribution in [2.75, 3.05) is 13.2 Å². The molecule has 2 aliphatic rings. The minimum atomic E-state index is -1.14. The molecule has 2 N–H and O–H groups in total. The third-order valence-corrected chi connectivity index (χ3v) is 7.45. The van der Waals surface area contributed by atoms with Gasteiger partial charge in [-0.15, -0.1) is 13.2 Å².